The summed E-state index contributed by atoms with van der Waals surface area (Å²) in [6.07, 6.45) is 2.96. The smallest absolute Gasteiger partial charge is 0.233 e. The molecule has 2 aromatic heterocycles. The largest absolute Gasteiger partial charge is 0.493 e. The fraction of sp³-hybridized carbons (Fsp3) is 0.250. The number of ether oxygens (including phenoxy) is 1. The molecule has 0 aliphatic carbocycles. The average Bonchev–Trinajstić information content (AvgIpc) is 2.81. The lowest BCUT2D eigenvalue weighted by Crippen LogP contribution is -2.12. The Kier molecular flexibility index (Phi) is 3.62. The monoisotopic (exact) mass is 265 g/mol. The number of methoxy groups -OCH3 is 1. The van der Waals surface area contributed by atoms with Crippen LogP contribution in [0.4, 0.5) is 0 Å². The molecule has 0 bridgehead atoms. The molecule has 2 aromatic rings. The van der Waals surface area contributed by atoms with Crippen molar-refractivity contribution < 1.29 is 9.53 Å². The third-order valence-electron chi connectivity index (χ3n) is 2.50. The van der Waals surface area contributed by atoms with E-state index in [1.54, 1.807) is 16.8 Å². The highest BCUT2D eigenvalue weighted by molar-refractivity contribution is 6.30. The van der Waals surface area contributed by atoms with Gasteiger partial charge in [0.15, 0.2) is 11.4 Å². The molecule has 0 aliphatic heterocycles. The fourth-order valence-corrected chi connectivity index (χ4v) is 1.73. The molecular weight excluding hydrogens is 254 g/mol. The zero-order chi connectivity index (χ0) is 13.1. The van der Waals surface area contributed by atoms with Crippen molar-refractivity contribution >= 4 is 17.4 Å². The first-order chi connectivity index (χ1) is 8.67. The minimum Gasteiger partial charge on any atom is -0.493 e. The minimum absolute atomic E-state index is 0.233. The molecule has 0 aromatic carbocycles. The summed E-state index contributed by atoms with van der Waals surface area (Å²) in [4.78, 5) is 16.3. The van der Waals surface area contributed by atoms with Crippen LogP contribution in [0.15, 0.2) is 24.5 Å². The Morgan fingerprint density at radius 3 is 2.78 bits per heavy atom. The van der Waals surface area contributed by atoms with Crippen LogP contribution in [0.2, 0.25) is 5.02 Å². The molecule has 2 heterocycles. The van der Waals surface area contributed by atoms with Gasteiger partial charge in [-0.05, 0) is 19.1 Å². The van der Waals surface area contributed by atoms with Gasteiger partial charge in [-0.25, -0.2) is 0 Å². The Bertz CT molecular complexity index is 542. The van der Waals surface area contributed by atoms with Crippen LogP contribution in [0.25, 0.3) is 0 Å². The van der Waals surface area contributed by atoms with Crippen molar-refractivity contribution in [3.05, 3.63) is 40.9 Å². The van der Waals surface area contributed by atoms with Crippen molar-refractivity contribution in [1.82, 2.24) is 14.8 Å². The van der Waals surface area contributed by atoms with Crippen molar-refractivity contribution in [2.45, 2.75) is 13.5 Å². The maximum absolute atomic E-state index is 12.3. The molecule has 0 saturated heterocycles. The van der Waals surface area contributed by atoms with Crippen LogP contribution in [0.1, 0.15) is 23.1 Å². The number of pyridine rings is 1. The van der Waals surface area contributed by atoms with Gasteiger partial charge in [-0.1, -0.05) is 11.6 Å². The van der Waals surface area contributed by atoms with Crippen molar-refractivity contribution in [3.8, 4) is 5.75 Å². The van der Waals surface area contributed by atoms with Gasteiger partial charge in [-0.3, -0.25) is 14.5 Å². The summed E-state index contributed by atoms with van der Waals surface area (Å²) < 4.78 is 6.72. The van der Waals surface area contributed by atoms with Crippen LogP contribution >= 0.6 is 11.6 Å². The molecule has 2 rings (SSSR count). The SMILES string of the molecule is CCn1ncc(OC)c1C(=O)c1ccc(Cl)cn1. The lowest BCUT2D eigenvalue weighted by Gasteiger charge is -2.05. The Balaban J connectivity index is 2.44. The number of aromatic nitrogens is 3. The number of aryl methyl sites for hydroxylation is 1. The van der Waals surface area contributed by atoms with Crippen molar-refractivity contribution in [2.24, 2.45) is 0 Å². The van der Waals surface area contributed by atoms with E-state index in [1.165, 1.54) is 19.5 Å². The van der Waals surface area contributed by atoms with Gasteiger partial charge in [0.1, 0.15) is 5.69 Å². The third-order valence-corrected chi connectivity index (χ3v) is 2.72. The van der Waals surface area contributed by atoms with E-state index in [2.05, 4.69) is 10.1 Å². The molecule has 0 amide bonds. The lowest BCUT2D eigenvalue weighted by atomic mass is 10.2. The number of halogens is 1. The highest BCUT2D eigenvalue weighted by Gasteiger charge is 2.21. The minimum atomic E-state index is -0.233. The molecule has 5 nitrogen and oxygen atoms in total. The first-order valence-electron chi connectivity index (χ1n) is 5.43. The number of hydrogen-bond acceptors (Lipinski definition) is 4. The Labute approximate surface area is 109 Å². The average molecular weight is 266 g/mol. The van der Waals surface area contributed by atoms with Crippen LogP contribution in [-0.2, 0) is 6.54 Å². The van der Waals surface area contributed by atoms with Gasteiger partial charge < -0.3 is 4.74 Å². The van der Waals surface area contributed by atoms with E-state index in [4.69, 9.17) is 16.3 Å². The maximum Gasteiger partial charge on any atom is 0.233 e. The standard InChI is InChI=1S/C12H12ClN3O2/c1-3-16-11(10(18-2)7-15-16)12(17)9-5-4-8(13)6-14-9/h4-7H,3H2,1-2H3. The van der Waals surface area contributed by atoms with Crippen molar-refractivity contribution in [1.29, 1.82) is 0 Å². The van der Waals surface area contributed by atoms with Crippen LogP contribution in [-0.4, -0.2) is 27.7 Å². The summed E-state index contributed by atoms with van der Waals surface area (Å²) in [6, 6.07) is 3.21. The van der Waals surface area contributed by atoms with E-state index in [0.717, 1.165) is 0 Å². The van der Waals surface area contributed by atoms with E-state index in [0.29, 0.717) is 28.7 Å². The molecule has 0 aliphatic rings. The fourth-order valence-electron chi connectivity index (χ4n) is 1.62. The summed E-state index contributed by atoms with van der Waals surface area (Å²) in [7, 11) is 1.50. The second-order valence-corrected chi connectivity index (χ2v) is 4.00. The molecule has 0 unspecified atom stereocenters. The van der Waals surface area contributed by atoms with Crippen LogP contribution in [0, 0.1) is 0 Å². The number of carbonyl (C=O) groups excluding carboxylic acids is 1. The number of ketones is 1. The predicted octanol–water partition coefficient (Wildman–Crippen LogP) is 2.19. The van der Waals surface area contributed by atoms with Gasteiger partial charge in [-0.15, -0.1) is 0 Å². The summed E-state index contributed by atoms with van der Waals surface area (Å²) in [5.74, 6) is 0.210. The van der Waals surface area contributed by atoms with Crippen molar-refractivity contribution in [3.63, 3.8) is 0 Å². The van der Waals surface area contributed by atoms with E-state index in [-0.39, 0.29) is 5.78 Å². The molecule has 0 spiro atoms. The first kappa shape index (κ1) is 12.6. The van der Waals surface area contributed by atoms with Crippen LogP contribution < -0.4 is 4.74 Å². The molecular formula is C12H12ClN3O2. The highest BCUT2D eigenvalue weighted by atomic mass is 35.5. The van der Waals surface area contributed by atoms with Gasteiger partial charge >= 0.3 is 0 Å². The maximum atomic E-state index is 12.3. The van der Waals surface area contributed by atoms with Gasteiger partial charge in [0.2, 0.25) is 5.78 Å². The topological polar surface area (TPSA) is 57.0 Å². The molecule has 0 N–H and O–H groups in total. The number of nitrogens with zero attached hydrogens (tertiary/aromatic N) is 3. The molecule has 0 radical (unpaired) electrons. The van der Waals surface area contributed by atoms with E-state index < -0.39 is 0 Å². The van der Waals surface area contributed by atoms with Gasteiger partial charge in [0.25, 0.3) is 0 Å². The second kappa shape index (κ2) is 5.18. The zero-order valence-corrected chi connectivity index (χ0v) is 10.8. The number of carbonyl (C=O) groups is 1. The summed E-state index contributed by atoms with van der Waals surface area (Å²) in [5.41, 5.74) is 0.711. The second-order valence-electron chi connectivity index (χ2n) is 3.57. The number of hydrogen-bond donors (Lipinski definition) is 0. The summed E-state index contributed by atoms with van der Waals surface area (Å²) >= 11 is 5.74. The molecule has 0 atom stereocenters. The third kappa shape index (κ3) is 2.22. The first-order valence-corrected chi connectivity index (χ1v) is 5.81. The molecule has 0 fully saturated rings. The molecule has 0 saturated carbocycles. The Morgan fingerprint density at radius 2 is 2.22 bits per heavy atom. The van der Waals surface area contributed by atoms with E-state index in [1.807, 2.05) is 6.92 Å². The molecule has 6 heteroatoms. The summed E-state index contributed by atoms with van der Waals surface area (Å²) in [6.45, 7) is 2.48. The predicted molar refractivity (Wildman–Crippen MR) is 67.1 cm³/mol. The van der Waals surface area contributed by atoms with Gasteiger partial charge in [0.05, 0.1) is 18.3 Å². The van der Waals surface area contributed by atoms with Gasteiger partial charge in [0, 0.05) is 12.7 Å². The molecule has 18 heavy (non-hydrogen) atoms. The van der Waals surface area contributed by atoms with Gasteiger partial charge in [-0.2, -0.15) is 5.10 Å². The van der Waals surface area contributed by atoms with Crippen molar-refractivity contribution in [2.75, 3.05) is 7.11 Å². The Morgan fingerprint density at radius 1 is 1.44 bits per heavy atom. The normalized spacial score (nSPS) is 10.4. The van der Waals surface area contributed by atoms with Crippen LogP contribution in [0.5, 0.6) is 5.75 Å². The number of rotatable bonds is 4. The quantitative estimate of drug-likeness (QED) is 0.795. The lowest BCUT2D eigenvalue weighted by molar-refractivity contribution is 0.102. The van der Waals surface area contributed by atoms with E-state index in [9.17, 15) is 4.79 Å². The van der Waals surface area contributed by atoms with Crippen LogP contribution in [0.3, 0.4) is 0 Å². The zero-order valence-electron chi connectivity index (χ0n) is 10.1. The Hall–Kier alpha value is -1.88. The highest BCUT2D eigenvalue weighted by Crippen LogP contribution is 2.21. The summed E-state index contributed by atoms with van der Waals surface area (Å²) in [5, 5.41) is 4.58. The molecule has 94 valence electrons. The van der Waals surface area contributed by atoms with E-state index >= 15 is 0 Å².